The summed E-state index contributed by atoms with van der Waals surface area (Å²) in [6.07, 6.45) is 4.76. The lowest BCUT2D eigenvalue weighted by Gasteiger charge is -2.23. The second-order valence-electron chi connectivity index (χ2n) is 27.6. The van der Waals surface area contributed by atoms with Gasteiger partial charge in [0.15, 0.2) is 0 Å². The number of benzene rings is 4. The van der Waals surface area contributed by atoms with E-state index >= 15 is 0 Å². The summed E-state index contributed by atoms with van der Waals surface area (Å²) in [6, 6.07) is 22.0. The first kappa shape index (κ1) is 81.0. The van der Waals surface area contributed by atoms with E-state index in [-0.39, 0.29) is 96.7 Å². The quantitative estimate of drug-likeness (QED) is 0.0137. The van der Waals surface area contributed by atoms with Crippen molar-refractivity contribution in [3.63, 3.8) is 0 Å². The van der Waals surface area contributed by atoms with E-state index in [2.05, 4.69) is 31.0 Å². The highest BCUT2D eigenvalue weighted by atomic mass is 16.6. The van der Waals surface area contributed by atoms with Crippen LogP contribution in [0.5, 0.6) is 11.5 Å². The molecule has 4 amide bonds. The highest BCUT2D eigenvalue weighted by Gasteiger charge is 2.26. The van der Waals surface area contributed by atoms with E-state index in [1.54, 1.807) is 26.2 Å². The fraction of sp³-hybridized carbons (Fsp3) is 0.548. The predicted octanol–water partition coefficient (Wildman–Crippen LogP) is 8.23. The summed E-state index contributed by atoms with van der Waals surface area (Å²) in [5.74, 6) is -0.892. The minimum Gasteiger partial charge on any atom is -0.505 e. The lowest BCUT2D eigenvalue weighted by molar-refractivity contribution is -0.145. The maximum atomic E-state index is 13.9. The van der Waals surface area contributed by atoms with E-state index in [1.807, 2.05) is 107 Å². The molecule has 31 heteroatoms. The van der Waals surface area contributed by atoms with Crippen molar-refractivity contribution in [1.29, 1.82) is 0 Å². The van der Waals surface area contributed by atoms with Crippen molar-refractivity contribution in [2.75, 3.05) is 86.5 Å². The molecule has 4 aromatic carbocycles. The van der Waals surface area contributed by atoms with Crippen LogP contribution in [0.3, 0.4) is 0 Å². The number of nitrogens with one attached hydrogen (secondary N) is 2. The van der Waals surface area contributed by atoms with Crippen molar-refractivity contribution in [2.45, 2.75) is 175 Å². The summed E-state index contributed by atoms with van der Waals surface area (Å²) < 4.78 is 34.6. The Morgan fingerprint density at radius 3 is 1.19 bits per heavy atom. The summed E-state index contributed by atoms with van der Waals surface area (Å²) in [4.78, 5) is 122. The molecule has 0 unspecified atom stereocenters. The van der Waals surface area contributed by atoms with Crippen molar-refractivity contribution in [3.8, 4) is 22.9 Å². The number of phenols is 2. The van der Waals surface area contributed by atoms with E-state index in [0.717, 1.165) is 24.8 Å². The maximum Gasteiger partial charge on any atom is 0.409 e. The number of ether oxygens (including phenoxy) is 6. The minimum absolute atomic E-state index is 0.0322. The molecule has 0 bridgehead atoms. The molecule has 6 N–H and O–H groups in total. The number of aryl methyl sites for hydroxylation is 2. The molecule has 0 aliphatic rings. The molecule has 3 heterocycles. The van der Waals surface area contributed by atoms with E-state index in [4.69, 9.17) is 34.2 Å². The van der Waals surface area contributed by atoms with Crippen molar-refractivity contribution in [3.05, 3.63) is 127 Å². The number of esters is 2. The van der Waals surface area contributed by atoms with Crippen molar-refractivity contribution in [1.82, 2.24) is 64.1 Å². The number of nitrogens with two attached hydrogens (primary N) is 1. The van der Waals surface area contributed by atoms with Crippen LogP contribution in [0.25, 0.3) is 33.4 Å². The number of nitrogens with zero attached hydrogens (tertiary/aromatic N) is 11. The van der Waals surface area contributed by atoms with Crippen LogP contribution in [0.2, 0.25) is 0 Å². The molecule has 7 aromatic rings. The number of rotatable bonds is 41. The van der Waals surface area contributed by atoms with Gasteiger partial charge in [-0.3, -0.25) is 14.5 Å². The summed E-state index contributed by atoms with van der Waals surface area (Å²) in [6.45, 7) is 13.4. The molecule has 566 valence electrons. The molecule has 3 aromatic heterocycles. The van der Waals surface area contributed by atoms with Gasteiger partial charge in [0.2, 0.25) is 0 Å². The van der Waals surface area contributed by atoms with Gasteiger partial charge in [-0.25, -0.2) is 47.3 Å². The summed E-state index contributed by atoms with van der Waals surface area (Å²) >= 11 is 0. The summed E-state index contributed by atoms with van der Waals surface area (Å²) in [5.41, 5.74) is 8.37. The van der Waals surface area contributed by atoms with Gasteiger partial charge in [-0.1, -0.05) is 116 Å². The summed E-state index contributed by atoms with van der Waals surface area (Å²) in [7, 11) is 3.42. The molecule has 31 nitrogen and oxygen atoms in total. The van der Waals surface area contributed by atoms with Crippen LogP contribution in [0, 0.1) is 0 Å². The van der Waals surface area contributed by atoms with Gasteiger partial charge >= 0.3 is 53.4 Å². The second-order valence-corrected chi connectivity index (χ2v) is 27.6. The van der Waals surface area contributed by atoms with E-state index in [0.29, 0.717) is 154 Å². The third kappa shape index (κ3) is 25.3. The Bertz CT molecular complexity index is 3910. The van der Waals surface area contributed by atoms with Crippen LogP contribution in [-0.2, 0) is 81.3 Å². The van der Waals surface area contributed by atoms with E-state index in [9.17, 15) is 53.4 Å². The minimum atomic E-state index is -0.863. The SMILES string of the molecule is CN(CCOC(N)=O)CCOC(=O)N(C)CCCCCCn1c(=O)n(CCCCCCNC(=O)OCCOC(=O)CCc2cc(-n3nc4ccccc4n3)c(O)c(C(C)(C)C)c2)c(=O)n(CCCCCCNC(=O)OCCOC(=O)CCc2cc(-n3nc4ccccc4n3)c(O)c(C(C)(C)C)c2)c1=O. The smallest absolute Gasteiger partial charge is 0.409 e. The molecule has 0 saturated carbocycles. The average molecular weight is 1450 g/mol. The zero-order valence-corrected chi connectivity index (χ0v) is 61.2. The van der Waals surface area contributed by atoms with Gasteiger partial charge in [-0.15, -0.1) is 30.0 Å². The lowest BCUT2D eigenvalue weighted by Crippen LogP contribution is -2.54. The van der Waals surface area contributed by atoms with Crippen LogP contribution < -0.4 is 33.4 Å². The van der Waals surface area contributed by atoms with Crippen LogP contribution in [0.15, 0.2) is 87.2 Å². The Labute approximate surface area is 603 Å². The van der Waals surface area contributed by atoms with Crippen LogP contribution in [-0.4, -0.2) is 186 Å². The number of carbonyl (C=O) groups excluding carboxylic acids is 6. The van der Waals surface area contributed by atoms with Gasteiger partial charge in [0, 0.05) is 83.4 Å². The molecule has 104 heavy (non-hydrogen) atoms. The van der Waals surface area contributed by atoms with Crippen molar-refractivity contribution < 1.29 is 67.4 Å². The topological polar surface area (TPSA) is 382 Å². The molecule has 0 fully saturated rings. The first-order chi connectivity index (χ1) is 49.7. The summed E-state index contributed by atoms with van der Waals surface area (Å²) in [5, 5.41) is 46.1. The number of alkyl carbamates (subject to hydrolysis) is 2. The van der Waals surface area contributed by atoms with Gasteiger partial charge in [0.25, 0.3) is 0 Å². The number of amides is 4. The van der Waals surface area contributed by atoms with E-state index < -0.39 is 64.2 Å². The molecule has 0 spiro atoms. The largest absolute Gasteiger partial charge is 0.505 e. The van der Waals surface area contributed by atoms with Crippen molar-refractivity contribution in [2.24, 2.45) is 5.73 Å². The number of unbranched alkanes of at least 4 members (excludes halogenated alkanes) is 9. The normalized spacial score (nSPS) is 11.6. The number of phenolic OH excluding ortho intramolecular Hbond substituents is 2. The number of aromatic nitrogens is 9. The fourth-order valence-corrected chi connectivity index (χ4v) is 11.4. The average Bonchev–Trinajstić information content (AvgIpc) is 1.27. The Hall–Kier alpha value is -10.3. The van der Waals surface area contributed by atoms with E-state index in [1.165, 1.54) is 14.5 Å². The number of primary amides is 1. The number of hydrogen-bond acceptors (Lipinski definition) is 22. The molecule has 0 atom stereocenters. The maximum absolute atomic E-state index is 13.9. The Kier molecular flexibility index (Phi) is 31.1. The highest BCUT2D eigenvalue weighted by Crippen LogP contribution is 2.38. The molecule has 0 aliphatic carbocycles. The zero-order chi connectivity index (χ0) is 75.3. The molecule has 0 radical (unpaired) electrons. The standard InChI is InChI=1S/C73H102N14O17/c1-72(2,3)53-47-51(49-59(63(53)90)86-77-55-25-15-16-26-56(55)78-86)29-31-61(88)99-43-45-102-66(93)75-33-19-9-11-22-36-83-68(95)84(70(97)85(69(83)96)38-24-14-13-21-35-82(8)71(98)104-42-40-81(7)39-41-101-65(74)92)37-23-12-10-20-34-76-67(94)103-46-44-100-62(89)32-30-52-48-54(73(4,5)6)64(91)60(50-52)87-79-57-27-17-18-28-58(57)80-87/h15-18,25-28,47-50,90-91H,9-14,19-24,29-46H2,1-8H3,(H2,74,92)(H,75,93)(H,76,94). The van der Waals surface area contributed by atoms with Crippen molar-refractivity contribution >= 4 is 58.4 Å². The number of likely N-dealkylation sites (N-methyl/N-ethyl adjacent to an activating group) is 1. The first-order valence-corrected chi connectivity index (χ1v) is 35.6. The number of fused-ring (bicyclic) bond motifs is 2. The zero-order valence-electron chi connectivity index (χ0n) is 61.2. The highest BCUT2D eigenvalue weighted by molar-refractivity contribution is 5.76. The lowest BCUT2D eigenvalue weighted by atomic mass is 9.84. The van der Waals surface area contributed by atoms with Gasteiger partial charge < -0.3 is 59.9 Å². The molecule has 0 saturated heterocycles. The number of aromatic hydroxyl groups is 2. The Morgan fingerprint density at radius 1 is 0.462 bits per heavy atom. The third-order valence-corrected chi connectivity index (χ3v) is 17.2. The van der Waals surface area contributed by atoms with Gasteiger partial charge in [0.05, 0.1) is 0 Å². The fourth-order valence-electron chi connectivity index (χ4n) is 11.4. The molecule has 0 aliphatic heterocycles. The van der Waals surface area contributed by atoms with Crippen LogP contribution >= 0.6 is 0 Å². The van der Waals surface area contributed by atoms with Crippen LogP contribution in [0.1, 0.15) is 154 Å². The van der Waals surface area contributed by atoms with Gasteiger partial charge in [-0.2, -0.15) is 0 Å². The van der Waals surface area contributed by atoms with Gasteiger partial charge in [0.1, 0.15) is 84.6 Å². The first-order valence-electron chi connectivity index (χ1n) is 35.6. The third-order valence-electron chi connectivity index (χ3n) is 17.2. The number of hydrogen-bond donors (Lipinski definition) is 5. The molecular formula is C73H102N14O17. The molecular weight excluding hydrogens is 1340 g/mol. The predicted molar refractivity (Wildman–Crippen MR) is 387 cm³/mol. The Morgan fingerprint density at radius 2 is 0.817 bits per heavy atom. The molecule has 7 rings (SSSR count). The Balaban J connectivity index is 0.809. The van der Waals surface area contributed by atoms with Crippen LogP contribution in [0.4, 0.5) is 19.2 Å². The number of carbonyl (C=O) groups is 6. The van der Waals surface area contributed by atoms with Gasteiger partial charge in [-0.05, 0) is 117 Å². The second kappa shape index (κ2) is 39.9. The monoisotopic (exact) mass is 1450 g/mol.